The molecule has 4 heterocycles. The van der Waals surface area contributed by atoms with Gasteiger partial charge < -0.3 is 14.6 Å². The lowest BCUT2D eigenvalue weighted by Crippen LogP contribution is -2.13. The number of aryl methyl sites for hydroxylation is 1. The van der Waals surface area contributed by atoms with Gasteiger partial charge in [0.15, 0.2) is 17.2 Å². The number of pyridine rings is 1. The van der Waals surface area contributed by atoms with E-state index in [-0.39, 0.29) is 0 Å². The molecule has 4 aromatic heterocycles. The van der Waals surface area contributed by atoms with Gasteiger partial charge in [0.25, 0.3) is 0 Å². The van der Waals surface area contributed by atoms with Gasteiger partial charge in [-0.05, 0) is 57.7 Å². The summed E-state index contributed by atoms with van der Waals surface area (Å²) >= 11 is 0. The number of anilines is 2. The average Bonchev–Trinajstić information content (AvgIpc) is 3.37. The van der Waals surface area contributed by atoms with Crippen molar-refractivity contribution in [3.63, 3.8) is 0 Å². The van der Waals surface area contributed by atoms with Crippen molar-refractivity contribution < 1.29 is 4.42 Å². The van der Waals surface area contributed by atoms with Crippen LogP contribution < -0.4 is 5.32 Å². The number of benzene rings is 1. The molecule has 156 valence electrons. The Balaban J connectivity index is 1.59. The largest absolute Gasteiger partial charge is 0.449 e. The number of aromatic amines is 1. The predicted molar refractivity (Wildman–Crippen MR) is 121 cm³/mol. The first-order valence-electron chi connectivity index (χ1n) is 10.2. The number of nitrogens with zero attached hydrogens (tertiary/aromatic N) is 5. The minimum atomic E-state index is 0.520. The van der Waals surface area contributed by atoms with Crippen LogP contribution in [0.4, 0.5) is 11.4 Å². The maximum atomic E-state index is 6.09. The van der Waals surface area contributed by atoms with Gasteiger partial charge in [-0.2, -0.15) is 5.10 Å². The minimum absolute atomic E-state index is 0.520. The lowest BCUT2D eigenvalue weighted by molar-refractivity contribution is 0.400. The molecule has 0 radical (unpaired) electrons. The van der Waals surface area contributed by atoms with Gasteiger partial charge in [-0.15, -0.1) is 0 Å². The Morgan fingerprint density at radius 1 is 1.06 bits per heavy atom. The molecule has 0 saturated heterocycles. The Hall–Kier alpha value is -3.78. The zero-order chi connectivity index (χ0) is 21.2. The van der Waals surface area contributed by atoms with Crippen LogP contribution in [0.1, 0.15) is 12.1 Å². The number of hydrogen-bond acceptors (Lipinski definition) is 7. The second kappa shape index (κ2) is 8.16. The molecule has 0 saturated carbocycles. The summed E-state index contributed by atoms with van der Waals surface area (Å²) in [5.41, 5.74) is 4.50. The van der Waals surface area contributed by atoms with Gasteiger partial charge in [-0.1, -0.05) is 6.07 Å². The molecular formula is C23H23N7O. The first-order valence-corrected chi connectivity index (χ1v) is 10.2. The van der Waals surface area contributed by atoms with E-state index >= 15 is 0 Å². The third kappa shape index (κ3) is 3.73. The summed E-state index contributed by atoms with van der Waals surface area (Å²) in [6, 6.07) is 9.79. The van der Waals surface area contributed by atoms with Crippen LogP contribution >= 0.6 is 0 Å². The van der Waals surface area contributed by atoms with Crippen LogP contribution in [0.25, 0.3) is 33.5 Å². The van der Waals surface area contributed by atoms with Crippen molar-refractivity contribution >= 4 is 33.2 Å². The molecular weight excluding hydrogens is 390 g/mol. The fraction of sp³-hybridized carbons (Fsp3) is 0.217. The number of H-pyrrole nitrogens is 1. The van der Waals surface area contributed by atoms with E-state index in [1.165, 1.54) is 0 Å². The third-order valence-electron chi connectivity index (χ3n) is 5.21. The highest BCUT2D eigenvalue weighted by Crippen LogP contribution is 2.39. The molecule has 5 aromatic rings. The van der Waals surface area contributed by atoms with E-state index in [2.05, 4.69) is 55.5 Å². The molecule has 0 amide bonds. The minimum Gasteiger partial charge on any atom is -0.449 e. The Kier molecular flexibility index (Phi) is 5.05. The summed E-state index contributed by atoms with van der Waals surface area (Å²) < 4.78 is 6.09. The molecule has 0 aliphatic rings. The molecule has 1 aromatic carbocycles. The molecule has 0 unspecified atom stereocenters. The number of nitrogens with one attached hydrogen (secondary N) is 2. The van der Waals surface area contributed by atoms with Gasteiger partial charge in [0.2, 0.25) is 0 Å². The summed E-state index contributed by atoms with van der Waals surface area (Å²) in [6.07, 6.45) is 8.83. The van der Waals surface area contributed by atoms with Crippen molar-refractivity contribution in [3.05, 3.63) is 60.8 Å². The second-order valence-corrected chi connectivity index (χ2v) is 7.68. The van der Waals surface area contributed by atoms with Crippen LogP contribution in [-0.4, -0.2) is 50.7 Å². The molecule has 2 N–H and O–H groups in total. The van der Waals surface area contributed by atoms with Crippen molar-refractivity contribution in [1.29, 1.82) is 0 Å². The highest BCUT2D eigenvalue weighted by molar-refractivity contribution is 6.03. The average molecular weight is 413 g/mol. The predicted octanol–water partition coefficient (Wildman–Crippen LogP) is 4.40. The molecule has 31 heavy (non-hydrogen) atoms. The maximum absolute atomic E-state index is 6.09. The summed E-state index contributed by atoms with van der Waals surface area (Å²) in [5, 5.41) is 13.3. The molecule has 0 aliphatic carbocycles. The fourth-order valence-corrected chi connectivity index (χ4v) is 3.77. The van der Waals surface area contributed by atoms with E-state index in [4.69, 9.17) is 4.42 Å². The smallest absolute Gasteiger partial charge is 0.197 e. The van der Waals surface area contributed by atoms with Crippen LogP contribution in [0, 0.1) is 0 Å². The quantitative estimate of drug-likeness (QED) is 0.408. The van der Waals surface area contributed by atoms with Crippen LogP contribution in [0.5, 0.6) is 0 Å². The van der Waals surface area contributed by atoms with E-state index in [9.17, 15) is 0 Å². The zero-order valence-corrected chi connectivity index (χ0v) is 17.5. The Labute approximate surface area is 179 Å². The van der Waals surface area contributed by atoms with Crippen LogP contribution in [0.15, 0.2) is 59.5 Å². The van der Waals surface area contributed by atoms with Crippen LogP contribution in [0.3, 0.4) is 0 Å². The van der Waals surface area contributed by atoms with E-state index in [1.807, 2.05) is 18.2 Å². The molecule has 8 heteroatoms. The zero-order valence-electron chi connectivity index (χ0n) is 17.5. The summed E-state index contributed by atoms with van der Waals surface area (Å²) in [4.78, 5) is 15.2. The molecule has 0 fully saturated rings. The number of fused-ring (bicyclic) bond motifs is 2. The molecule has 0 aliphatic heterocycles. The lowest BCUT2D eigenvalue weighted by Gasteiger charge is -2.11. The number of rotatable bonds is 7. The van der Waals surface area contributed by atoms with Crippen molar-refractivity contribution in [3.8, 4) is 11.6 Å². The highest BCUT2D eigenvalue weighted by atomic mass is 16.3. The summed E-state index contributed by atoms with van der Waals surface area (Å²) in [5.74, 6) is 1.10. The van der Waals surface area contributed by atoms with Crippen molar-refractivity contribution in [2.24, 2.45) is 0 Å². The van der Waals surface area contributed by atoms with Crippen LogP contribution in [-0.2, 0) is 6.42 Å². The van der Waals surface area contributed by atoms with Gasteiger partial charge in [-0.3, -0.25) is 10.1 Å². The normalized spacial score (nSPS) is 11.6. The Bertz CT molecular complexity index is 1320. The van der Waals surface area contributed by atoms with E-state index in [1.54, 1.807) is 30.9 Å². The van der Waals surface area contributed by atoms with Gasteiger partial charge >= 0.3 is 0 Å². The SMILES string of the molecule is CN(C)CCCc1[nH]nc2cccc(Nc3c(-c4ncccn4)oc4cnccc34)c12. The van der Waals surface area contributed by atoms with Crippen molar-refractivity contribution in [1.82, 2.24) is 30.0 Å². The summed E-state index contributed by atoms with van der Waals surface area (Å²) in [6.45, 7) is 1.02. The van der Waals surface area contributed by atoms with E-state index in [0.29, 0.717) is 17.2 Å². The van der Waals surface area contributed by atoms with E-state index < -0.39 is 0 Å². The number of furan rings is 1. The standard InChI is InChI=1S/C23H23N7O/c1-30(2)13-4-8-18-20-16(6-3-7-17(20)28-29-18)27-21-15-9-12-24-14-19(15)31-22(21)23-25-10-5-11-26-23/h3,5-7,9-12,14,27H,4,8,13H2,1-2H3,(H,28,29). The molecule has 0 atom stereocenters. The highest BCUT2D eigenvalue weighted by Gasteiger charge is 2.20. The van der Waals surface area contributed by atoms with E-state index in [0.717, 1.165) is 52.7 Å². The first-order chi connectivity index (χ1) is 15.2. The molecule has 5 rings (SSSR count). The maximum Gasteiger partial charge on any atom is 0.197 e. The van der Waals surface area contributed by atoms with Gasteiger partial charge in [0.05, 0.1) is 17.4 Å². The van der Waals surface area contributed by atoms with Gasteiger partial charge in [0, 0.05) is 40.7 Å². The van der Waals surface area contributed by atoms with Crippen molar-refractivity contribution in [2.75, 3.05) is 26.0 Å². The Morgan fingerprint density at radius 3 is 2.77 bits per heavy atom. The Morgan fingerprint density at radius 2 is 1.94 bits per heavy atom. The van der Waals surface area contributed by atoms with Gasteiger partial charge in [0.1, 0.15) is 0 Å². The van der Waals surface area contributed by atoms with Crippen LogP contribution in [0.2, 0.25) is 0 Å². The first kappa shape index (κ1) is 19.2. The molecule has 0 spiro atoms. The fourth-order valence-electron chi connectivity index (χ4n) is 3.77. The van der Waals surface area contributed by atoms with Gasteiger partial charge in [-0.25, -0.2) is 9.97 Å². The van der Waals surface area contributed by atoms with Crippen molar-refractivity contribution in [2.45, 2.75) is 12.8 Å². The number of aromatic nitrogens is 5. The monoisotopic (exact) mass is 413 g/mol. The number of hydrogen-bond donors (Lipinski definition) is 2. The summed E-state index contributed by atoms with van der Waals surface area (Å²) in [7, 11) is 4.17. The second-order valence-electron chi connectivity index (χ2n) is 7.68. The molecule has 0 bridgehead atoms. The topological polar surface area (TPSA) is 95.8 Å². The molecule has 8 nitrogen and oxygen atoms in total. The lowest BCUT2D eigenvalue weighted by atomic mass is 10.1. The third-order valence-corrected chi connectivity index (χ3v) is 5.21.